The van der Waals surface area contributed by atoms with E-state index in [9.17, 15) is 4.79 Å². The molecule has 0 bridgehead atoms. The summed E-state index contributed by atoms with van der Waals surface area (Å²) in [4.78, 5) is 11.1. The average molecular weight is 222 g/mol. The fourth-order valence-corrected chi connectivity index (χ4v) is 1.56. The van der Waals surface area contributed by atoms with Crippen molar-refractivity contribution >= 4 is 5.97 Å². The Hall–Kier alpha value is -1.39. The summed E-state index contributed by atoms with van der Waals surface area (Å²) in [7, 11) is 0. The monoisotopic (exact) mass is 222 g/mol. The zero-order chi connectivity index (χ0) is 12.2. The standard InChI is InChI=1S/C12H18N2O2/c1-3-4-9-5-7-10(8-6-9)12(2,14-13)11(15)16/h5-8,14H,3-4,13H2,1-2H3,(H,15,16). The number of carboxylic acid groups (broad SMARTS) is 1. The van der Waals surface area contributed by atoms with E-state index in [2.05, 4.69) is 12.3 Å². The van der Waals surface area contributed by atoms with E-state index in [1.165, 1.54) is 5.56 Å². The molecular formula is C12H18N2O2. The second-order valence-corrected chi connectivity index (χ2v) is 4.02. The Morgan fingerprint density at radius 1 is 1.44 bits per heavy atom. The first-order chi connectivity index (χ1) is 7.54. The second kappa shape index (κ2) is 5.09. The molecule has 0 spiro atoms. The highest BCUT2D eigenvalue weighted by Gasteiger charge is 2.33. The van der Waals surface area contributed by atoms with Crippen LogP contribution in [0.25, 0.3) is 0 Å². The van der Waals surface area contributed by atoms with Gasteiger partial charge in [-0.1, -0.05) is 37.6 Å². The van der Waals surface area contributed by atoms with Gasteiger partial charge in [0.25, 0.3) is 0 Å². The number of carbonyl (C=O) groups is 1. The number of nitrogens with one attached hydrogen (secondary N) is 1. The summed E-state index contributed by atoms with van der Waals surface area (Å²) < 4.78 is 0. The van der Waals surface area contributed by atoms with E-state index in [-0.39, 0.29) is 0 Å². The van der Waals surface area contributed by atoms with Crippen LogP contribution in [0.15, 0.2) is 24.3 Å². The molecule has 1 atom stereocenters. The van der Waals surface area contributed by atoms with Gasteiger partial charge in [-0.25, -0.2) is 10.2 Å². The van der Waals surface area contributed by atoms with Crippen molar-refractivity contribution in [1.29, 1.82) is 0 Å². The first kappa shape index (κ1) is 12.7. The molecule has 0 heterocycles. The smallest absolute Gasteiger partial charge is 0.329 e. The van der Waals surface area contributed by atoms with Crippen LogP contribution in [0.1, 0.15) is 31.4 Å². The average Bonchev–Trinajstić information content (AvgIpc) is 2.29. The number of hydrogen-bond donors (Lipinski definition) is 3. The summed E-state index contributed by atoms with van der Waals surface area (Å²) in [5, 5.41) is 9.12. The predicted molar refractivity (Wildman–Crippen MR) is 62.7 cm³/mol. The lowest BCUT2D eigenvalue weighted by atomic mass is 9.92. The third-order valence-electron chi connectivity index (χ3n) is 2.79. The van der Waals surface area contributed by atoms with Crippen LogP contribution in [0.4, 0.5) is 0 Å². The van der Waals surface area contributed by atoms with Crippen molar-refractivity contribution in [3.05, 3.63) is 35.4 Å². The van der Waals surface area contributed by atoms with Gasteiger partial charge in [-0.15, -0.1) is 0 Å². The zero-order valence-electron chi connectivity index (χ0n) is 9.66. The number of rotatable bonds is 5. The minimum absolute atomic E-state index is 0.655. The van der Waals surface area contributed by atoms with Gasteiger partial charge < -0.3 is 5.11 Å². The van der Waals surface area contributed by atoms with Crippen molar-refractivity contribution in [3.8, 4) is 0 Å². The van der Waals surface area contributed by atoms with Crippen LogP contribution in [0, 0.1) is 0 Å². The fourth-order valence-electron chi connectivity index (χ4n) is 1.56. The largest absolute Gasteiger partial charge is 0.480 e. The van der Waals surface area contributed by atoms with E-state index in [1.54, 1.807) is 19.1 Å². The number of aryl methyl sites for hydroxylation is 1. The number of aliphatic carboxylic acids is 1. The molecule has 0 amide bonds. The van der Waals surface area contributed by atoms with E-state index in [4.69, 9.17) is 10.9 Å². The number of benzene rings is 1. The number of hydrazine groups is 1. The van der Waals surface area contributed by atoms with Crippen LogP contribution in [0.3, 0.4) is 0 Å². The van der Waals surface area contributed by atoms with Gasteiger partial charge in [0.2, 0.25) is 0 Å². The summed E-state index contributed by atoms with van der Waals surface area (Å²) in [6.07, 6.45) is 2.07. The molecule has 0 radical (unpaired) electrons. The van der Waals surface area contributed by atoms with Gasteiger partial charge in [0, 0.05) is 0 Å². The topological polar surface area (TPSA) is 75.3 Å². The van der Waals surface area contributed by atoms with Gasteiger partial charge in [0.1, 0.15) is 0 Å². The van der Waals surface area contributed by atoms with Gasteiger partial charge in [-0.3, -0.25) is 5.84 Å². The van der Waals surface area contributed by atoms with Crippen LogP contribution >= 0.6 is 0 Å². The molecule has 4 heteroatoms. The van der Waals surface area contributed by atoms with E-state index in [0.29, 0.717) is 5.56 Å². The van der Waals surface area contributed by atoms with Crippen molar-refractivity contribution in [2.24, 2.45) is 5.84 Å². The van der Waals surface area contributed by atoms with E-state index in [1.807, 2.05) is 12.1 Å². The maximum absolute atomic E-state index is 11.1. The minimum Gasteiger partial charge on any atom is -0.480 e. The van der Waals surface area contributed by atoms with Gasteiger partial charge in [0.05, 0.1) is 0 Å². The van der Waals surface area contributed by atoms with E-state index in [0.717, 1.165) is 12.8 Å². The lowest BCUT2D eigenvalue weighted by Crippen LogP contribution is -2.50. The van der Waals surface area contributed by atoms with Crippen LogP contribution in [-0.4, -0.2) is 11.1 Å². The zero-order valence-corrected chi connectivity index (χ0v) is 9.66. The van der Waals surface area contributed by atoms with Crippen LogP contribution in [-0.2, 0) is 16.8 Å². The molecule has 0 aliphatic carbocycles. The van der Waals surface area contributed by atoms with Crippen molar-refractivity contribution in [2.45, 2.75) is 32.2 Å². The first-order valence-electron chi connectivity index (χ1n) is 5.35. The van der Waals surface area contributed by atoms with Crippen molar-refractivity contribution in [1.82, 2.24) is 5.43 Å². The Morgan fingerprint density at radius 2 is 2.00 bits per heavy atom. The molecular weight excluding hydrogens is 204 g/mol. The molecule has 0 aromatic heterocycles. The third-order valence-corrected chi connectivity index (χ3v) is 2.79. The Kier molecular flexibility index (Phi) is 4.04. The fraction of sp³-hybridized carbons (Fsp3) is 0.417. The quantitative estimate of drug-likeness (QED) is 0.520. The maximum Gasteiger partial charge on any atom is 0.329 e. The Labute approximate surface area is 95.4 Å². The number of carboxylic acids is 1. The minimum atomic E-state index is -1.23. The molecule has 0 saturated carbocycles. The molecule has 4 N–H and O–H groups in total. The molecule has 0 fully saturated rings. The summed E-state index contributed by atoms with van der Waals surface area (Å²) in [5.74, 6) is 4.32. The lowest BCUT2D eigenvalue weighted by Gasteiger charge is -2.24. The second-order valence-electron chi connectivity index (χ2n) is 4.02. The van der Waals surface area contributed by atoms with Crippen LogP contribution in [0.5, 0.6) is 0 Å². The Bertz CT molecular complexity index is 362. The van der Waals surface area contributed by atoms with Crippen molar-refractivity contribution < 1.29 is 9.90 Å². The third kappa shape index (κ3) is 2.40. The maximum atomic E-state index is 11.1. The molecule has 0 aliphatic rings. The molecule has 1 unspecified atom stereocenters. The molecule has 1 aromatic rings. The number of nitrogens with two attached hydrogens (primary N) is 1. The molecule has 0 aliphatic heterocycles. The molecule has 1 rings (SSSR count). The molecule has 88 valence electrons. The highest BCUT2D eigenvalue weighted by atomic mass is 16.4. The van der Waals surface area contributed by atoms with E-state index >= 15 is 0 Å². The van der Waals surface area contributed by atoms with Crippen molar-refractivity contribution in [2.75, 3.05) is 0 Å². The van der Waals surface area contributed by atoms with Gasteiger partial charge >= 0.3 is 5.97 Å². The summed E-state index contributed by atoms with van der Waals surface area (Å²) in [6, 6.07) is 7.49. The van der Waals surface area contributed by atoms with Gasteiger partial charge in [-0.05, 0) is 24.5 Å². The van der Waals surface area contributed by atoms with Gasteiger partial charge in [-0.2, -0.15) is 0 Å². The first-order valence-corrected chi connectivity index (χ1v) is 5.35. The Balaban J connectivity index is 2.99. The molecule has 16 heavy (non-hydrogen) atoms. The number of hydrogen-bond acceptors (Lipinski definition) is 3. The van der Waals surface area contributed by atoms with Crippen LogP contribution in [0.2, 0.25) is 0 Å². The van der Waals surface area contributed by atoms with Crippen molar-refractivity contribution in [3.63, 3.8) is 0 Å². The van der Waals surface area contributed by atoms with Crippen LogP contribution < -0.4 is 11.3 Å². The highest BCUT2D eigenvalue weighted by Crippen LogP contribution is 2.20. The Morgan fingerprint density at radius 3 is 2.38 bits per heavy atom. The SMILES string of the molecule is CCCc1ccc(C(C)(NN)C(=O)O)cc1. The molecule has 0 saturated heterocycles. The lowest BCUT2D eigenvalue weighted by molar-refractivity contribution is -0.144. The molecule has 1 aromatic carbocycles. The molecule has 4 nitrogen and oxygen atoms in total. The summed E-state index contributed by atoms with van der Waals surface area (Å²) in [6.45, 7) is 3.65. The summed E-state index contributed by atoms with van der Waals surface area (Å²) in [5.41, 5.74) is 2.97. The summed E-state index contributed by atoms with van der Waals surface area (Å²) >= 11 is 0. The van der Waals surface area contributed by atoms with E-state index < -0.39 is 11.5 Å². The predicted octanol–water partition coefficient (Wildman–Crippen LogP) is 1.40. The normalized spacial score (nSPS) is 14.4. The highest BCUT2D eigenvalue weighted by molar-refractivity contribution is 5.80. The van der Waals surface area contributed by atoms with Gasteiger partial charge in [0.15, 0.2) is 5.54 Å².